The highest BCUT2D eigenvalue weighted by atomic mass is 15.3. The van der Waals surface area contributed by atoms with E-state index in [0.717, 1.165) is 37.7 Å². The van der Waals surface area contributed by atoms with Gasteiger partial charge in [-0.3, -0.25) is 0 Å². The molecule has 1 atom stereocenters. The lowest BCUT2D eigenvalue weighted by atomic mass is 10.1. The number of aromatic nitrogens is 3. The van der Waals surface area contributed by atoms with Crippen LogP contribution in [0.1, 0.15) is 31.5 Å². The van der Waals surface area contributed by atoms with Crippen molar-refractivity contribution in [2.24, 2.45) is 11.7 Å². The maximum atomic E-state index is 6.11. The molecule has 1 aliphatic heterocycles. The average molecular weight is 209 g/mol. The molecule has 2 rings (SSSR count). The van der Waals surface area contributed by atoms with Gasteiger partial charge in [-0.15, -0.1) is 10.2 Å². The van der Waals surface area contributed by atoms with Gasteiger partial charge in [-0.2, -0.15) is 0 Å². The molecule has 1 aliphatic rings. The third-order valence-electron chi connectivity index (χ3n) is 2.91. The van der Waals surface area contributed by atoms with E-state index in [2.05, 4.69) is 33.9 Å². The highest BCUT2D eigenvalue weighted by Gasteiger charge is 2.21. The van der Waals surface area contributed by atoms with E-state index in [1.54, 1.807) is 0 Å². The molecule has 2 heterocycles. The van der Waals surface area contributed by atoms with Gasteiger partial charge >= 0.3 is 0 Å². The molecular weight excluding hydrogens is 190 g/mol. The minimum absolute atomic E-state index is 0.00986. The second-order valence-electron chi connectivity index (χ2n) is 4.40. The fourth-order valence-electron chi connectivity index (χ4n) is 1.84. The van der Waals surface area contributed by atoms with E-state index in [4.69, 9.17) is 5.73 Å². The molecule has 0 spiro atoms. The summed E-state index contributed by atoms with van der Waals surface area (Å²) >= 11 is 0. The number of nitrogens with one attached hydrogen (secondary N) is 1. The smallest absolute Gasteiger partial charge is 0.150 e. The van der Waals surface area contributed by atoms with Crippen molar-refractivity contribution >= 4 is 0 Å². The second kappa shape index (κ2) is 4.28. The monoisotopic (exact) mass is 209 g/mol. The highest BCUT2D eigenvalue weighted by molar-refractivity contribution is 5.03. The average Bonchev–Trinajstić information content (AvgIpc) is 2.46. The summed E-state index contributed by atoms with van der Waals surface area (Å²) in [7, 11) is 0. The zero-order chi connectivity index (χ0) is 10.8. The predicted molar refractivity (Wildman–Crippen MR) is 58.4 cm³/mol. The molecule has 0 aromatic carbocycles. The Morgan fingerprint density at radius 2 is 2.13 bits per heavy atom. The lowest BCUT2D eigenvalue weighted by Crippen LogP contribution is -2.24. The third kappa shape index (κ3) is 2.03. The lowest BCUT2D eigenvalue weighted by Gasteiger charge is -2.16. The predicted octanol–water partition coefficient (Wildman–Crippen LogP) is 0.0796. The van der Waals surface area contributed by atoms with Crippen LogP contribution >= 0.6 is 0 Å². The highest BCUT2D eigenvalue weighted by Crippen LogP contribution is 2.18. The van der Waals surface area contributed by atoms with Crippen LogP contribution in [0.25, 0.3) is 0 Å². The van der Waals surface area contributed by atoms with Crippen molar-refractivity contribution in [3.8, 4) is 0 Å². The SMILES string of the molecule is CC(C)[C@@H](N)c1nnc2n1CCNCC2. The van der Waals surface area contributed by atoms with Gasteiger partial charge in [0, 0.05) is 26.1 Å². The van der Waals surface area contributed by atoms with Gasteiger partial charge in [0.25, 0.3) is 0 Å². The van der Waals surface area contributed by atoms with Gasteiger partial charge in [0.1, 0.15) is 11.6 Å². The zero-order valence-electron chi connectivity index (χ0n) is 9.40. The molecule has 84 valence electrons. The van der Waals surface area contributed by atoms with Crippen LogP contribution in [0.15, 0.2) is 0 Å². The summed E-state index contributed by atoms with van der Waals surface area (Å²) < 4.78 is 2.17. The van der Waals surface area contributed by atoms with Crippen molar-refractivity contribution in [1.29, 1.82) is 0 Å². The molecule has 0 saturated heterocycles. The van der Waals surface area contributed by atoms with Crippen LogP contribution < -0.4 is 11.1 Å². The van der Waals surface area contributed by atoms with Crippen molar-refractivity contribution in [3.63, 3.8) is 0 Å². The first-order valence-corrected chi connectivity index (χ1v) is 5.58. The van der Waals surface area contributed by atoms with Crippen LogP contribution in [0.2, 0.25) is 0 Å². The maximum absolute atomic E-state index is 6.11. The van der Waals surface area contributed by atoms with Gasteiger partial charge in [-0.25, -0.2) is 0 Å². The van der Waals surface area contributed by atoms with Crippen molar-refractivity contribution in [2.75, 3.05) is 13.1 Å². The second-order valence-corrected chi connectivity index (χ2v) is 4.40. The Bertz CT molecular complexity index is 331. The van der Waals surface area contributed by atoms with Crippen molar-refractivity contribution < 1.29 is 0 Å². The van der Waals surface area contributed by atoms with Gasteiger partial charge in [0.2, 0.25) is 0 Å². The summed E-state index contributed by atoms with van der Waals surface area (Å²) in [5.41, 5.74) is 6.11. The van der Waals surface area contributed by atoms with Gasteiger partial charge < -0.3 is 15.6 Å². The van der Waals surface area contributed by atoms with Crippen LogP contribution in [-0.4, -0.2) is 27.9 Å². The lowest BCUT2D eigenvalue weighted by molar-refractivity contribution is 0.462. The van der Waals surface area contributed by atoms with Crippen LogP contribution in [0, 0.1) is 5.92 Å². The molecule has 5 nitrogen and oxygen atoms in total. The fourth-order valence-corrected chi connectivity index (χ4v) is 1.84. The number of hydrogen-bond donors (Lipinski definition) is 2. The Balaban J connectivity index is 2.29. The molecule has 0 amide bonds. The maximum Gasteiger partial charge on any atom is 0.150 e. The fraction of sp³-hybridized carbons (Fsp3) is 0.800. The first-order valence-electron chi connectivity index (χ1n) is 5.58. The van der Waals surface area contributed by atoms with E-state index in [9.17, 15) is 0 Å². The van der Waals surface area contributed by atoms with Crippen molar-refractivity contribution in [2.45, 2.75) is 32.9 Å². The van der Waals surface area contributed by atoms with E-state index in [1.807, 2.05) is 0 Å². The standard InChI is InChI=1S/C10H19N5/c1-7(2)9(11)10-14-13-8-3-4-12-5-6-15(8)10/h7,9,12H,3-6,11H2,1-2H3/t9-/m1/s1. The van der Waals surface area contributed by atoms with Crippen LogP contribution in [0.3, 0.4) is 0 Å². The normalized spacial score (nSPS) is 18.7. The summed E-state index contributed by atoms with van der Waals surface area (Å²) in [6.07, 6.45) is 0.942. The van der Waals surface area contributed by atoms with Crippen LogP contribution in [0.4, 0.5) is 0 Å². The summed E-state index contributed by atoms with van der Waals surface area (Å²) in [6, 6.07) is -0.00986. The van der Waals surface area contributed by atoms with Crippen LogP contribution in [-0.2, 0) is 13.0 Å². The molecule has 1 aromatic heterocycles. The largest absolute Gasteiger partial charge is 0.321 e. The molecule has 0 aliphatic carbocycles. The first-order chi connectivity index (χ1) is 7.20. The van der Waals surface area contributed by atoms with E-state index in [-0.39, 0.29) is 6.04 Å². The quantitative estimate of drug-likeness (QED) is 0.724. The number of fused-ring (bicyclic) bond motifs is 1. The summed E-state index contributed by atoms with van der Waals surface area (Å²) in [6.45, 7) is 7.11. The Morgan fingerprint density at radius 3 is 2.87 bits per heavy atom. The molecule has 0 bridgehead atoms. The van der Waals surface area contributed by atoms with Crippen molar-refractivity contribution in [3.05, 3.63) is 11.6 Å². The van der Waals surface area contributed by atoms with E-state index < -0.39 is 0 Å². The summed E-state index contributed by atoms with van der Waals surface area (Å²) in [4.78, 5) is 0. The molecule has 0 unspecified atom stereocenters. The Hall–Kier alpha value is -0.940. The number of nitrogens with two attached hydrogens (primary N) is 1. The van der Waals surface area contributed by atoms with E-state index in [1.165, 1.54) is 0 Å². The van der Waals surface area contributed by atoms with Gasteiger partial charge in [-0.05, 0) is 5.92 Å². The minimum atomic E-state index is -0.00986. The summed E-state index contributed by atoms with van der Waals surface area (Å²) in [5.74, 6) is 2.39. The Kier molecular flexibility index (Phi) is 3.02. The molecule has 1 aromatic rings. The van der Waals surface area contributed by atoms with Crippen LogP contribution in [0.5, 0.6) is 0 Å². The third-order valence-corrected chi connectivity index (χ3v) is 2.91. The topological polar surface area (TPSA) is 68.8 Å². The number of nitrogens with zero attached hydrogens (tertiary/aromatic N) is 3. The zero-order valence-corrected chi connectivity index (χ0v) is 9.40. The van der Waals surface area contributed by atoms with Crippen molar-refractivity contribution in [1.82, 2.24) is 20.1 Å². The van der Waals surface area contributed by atoms with Gasteiger partial charge in [0.15, 0.2) is 0 Å². The first kappa shape index (κ1) is 10.6. The molecule has 15 heavy (non-hydrogen) atoms. The molecule has 0 fully saturated rings. The van der Waals surface area contributed by atoms with Gasteiger partial charge in [0.05, 0.1) is 6.04 Å². The molecule has 0 saturated carbocycles. The van der Waals surface area contributed by atoms with E-state index >= 15 is 0 Å². The minimum Gasteiger partial charge on any atom is -0.321 e. The number of rotatable bonds is 2. The summed E-state index contributed by atoms with van der Waals surface area (Å²) in [5, 5.41) is 11.8. The number of hydrogen-bond acceptors (Lipinski definition) is 4. The van der Waals surface area contributed by atoms with E-state index in [0.29, 0.717) is 5.92 Å². The molecule has 5 heteroatoms. The molecule has 3 N–H and O–H groups in total. The molecular formula is C10H19N5. The molecule has 0 radical (unpaired) electrons. The Morgan fingerprint density at radius 1 is 1.33 bits per heavy atom. The Labute approximate surface area is 90.1 Å². The van der Waals surface area contributed by atoms with Gasteiger partial charge in [-0.1, -0.05) is 13.8 Å².